The minimum absolute atomic E-state index is 0.0210. The molecule has 0 saturated carbocycles. The first kappa shape index (κ1) is 18.0. The van der Waals surface area contributed by atoms with Gasteiger partial charge in [0.1, 0.15) is 0 Å². The van der Waals surface area contributed by atoms with Crippen LogP contribution in [0, 0.1) is 0 Å². The summed E-state index contributed by atoms with van der Waals surface area (Å²) < 4.78 is 4.71. The maximum Gasteiger partial charge on any atom is 0.337 e. The van der Waals surface area contributed by atoms with Crippen LogP contribution in [0.25, 0.3) is 0 Å². The molecular weight excluding hydrogens is 346 g/mol. The number of ketones is 1. The Morgan fingerprint density at radius 2 is 1.63 bits per heavy atom. The highest BCUT2D eigenvalue weighted by Gasteiger charge is 2.08. The first-order chi connectivity index (χ1) is 13.0. The summed E-state index contributed by atoms with van der Waals surface area (Å²) >= 11 is 0. The van der Waals surface area contributed by atoms with Crippen molar-refractivity contribution in [2.75, 3.05) is 17.7 Å². The molecule has 0 aliphatic heterocycles. The Morgan fingerprint density at radius 3 is 2.33 bits per heavy atom. The van der Waals surface area contributed by atoms with Crippen LogP contribution in [-0.4, -0.2) is 34.0 Å². The van der Waals surface area contributed by atoms with E-state index in [-0.39, 0.29) is 11.7 Å². The van der Waals surface area contributed by atoms with Gasteiger partial charge < -0.3 is 15.4 Å². The Balaban J connectivity index is 1.77. The van der Waals surface area contributed by atoms with Crippen LogP contribution >= 0.6 is 0 Å². The Kier molecular flexibility index (Phi) is 5.36. The van der Waals surface area contributed by atoms with E-state index in [1.807, 2.05) is 6.07 Å². The van der Waals surface area contributed by atoms with Crippen molar-refractivity contribution in [3.8, 4) is 0 Å². The first-order valence-corrected chi connectivity index (χ1v) is 8.08. The minimum Gasteiger partial charge on any atom is -0.465 e. The molecule has 27 heavy (non-hydrogen) atoms. The lowest BCUT2D eigenvalue weighted by Crippen LogP contribution is -2.04. The molecule has 0 radical (unpaired) electrons. The second-order valence-electron chi connectivity index (χ2n) is 5.62. The maximum atomic E-state index is 11.6. The van der Waals surface area contributed by atoms with Gasteiger partial charge in [0.05, 0.1) is 18.9 Å². The highest BCUT2D eigenvalue weighted by atomic mass is 16.5. The topological polar surface area (TPSA) is 106 Å². The van der Waals surface area contributed by atoms with Crippen molar-refractivity contribution in [3.63, 3.8) is 0 Å². The van der Waals surface area contributed by atoms with Gasteiger partial charge in [-0.25, -0.2) is 4.79 Å². The predicted molar refractivity (Wildman–Crippen MR) is 101 cm³/mol. The molecule has 136 valence electrons. The van der Waals surface area contributed by atoms with Gasteiger partial charge in [-0.2, -0.15) is 10.1 Å². The van der Waals surface area contributed by atoms with Gasteiger partial charge in [-0.3, -0.25) is 4.79 Å². The number of hydrogen-bond donors (Lipinski definition) is 2. The van der Waals surface area contributed by atoms with Crippen LogP contribution in [-0.2, 0) is 4.74 Å². The Morgan fingerprint density at radius 1 is 0.963 bits per heavy atom. The van der Waals surface area contributed by atoms with E-state index in [0.29, 0.717) is 28.3 Å². The lowest BCUT2D eigenvalue weighted by atomic mass is 10.1. The molecule has 1 heterocycles. The average molecular weight is 363 g/mol. The number of methoxy groups -OCH3 is 1. The van der Waals surface area contributed by atoms with Gasteiger partial charge in [0.25, 0.3) is 0 Å². The second kappa shape index (κ2) is 8.05. The summed E-state index contributed by atoms with van der Waals surface area (Å²) in [7, 11) is 1.33. The van der Waals surface area contributed by atoms with Crippen molar-refractivity contribution >= 4 is 34.9 Å². The third kappa shape index (κ3) is 4.63. The summed E-state index contributed by atoms with van der Waals surface area (Å²) in [4.78, 5) is 27.5. The molecule has 3 rings (SSSR count). The molecule has 0 bridgehead atoms. The van der Waals surface area contributed by atoms with Crippen LogP contribution in [0.3, 0.4) is 0 Å². The number of esters is 1. The summed E-state index contributed by atoms with van der Waals surface area (Å²) in [6.45, 7) is 1.51. The van der Waals surface area contributed by atoms with Gasteiger partial charge in [-0.05, 0) is 37.3 Å². The van der Waals surface area contributed by atoms with Crippen molar-refractivity contribution in [1.29, 1.82) is 0 Å². The zero-order valence-corrected chi connectivity index (χ0v) is 14.8. The molecule has 0 fully saturated rings. The number of aromatic nitrogens is 3. The number of carbonyl (C=O) groups is 2. The van der Waals surface area contributed by atoms with Crippen LogP contribution in [0.5, 0.6) is 0 Å². The average Bonchev–Trinajstić information content (AvgIpc) is 2.68. The van der Waals surface area contributed by atoms with E-state index in [4.69, 9.17) is 4.74 Å². The van der Waals surface area contributed by atoms with Gasteiger partial charge in [-0.15, -0.1) is 5.10 Å². The number of hydrogen-bond acceptors (Lipinski definition) is 8. The summed E-state index contributed by atoms with van der Waals surface area (Å²) in [5.41, 5.74) is 2.34. The van der Waals surface area contributed by atoms with Crippen molar-refractivity contribution in [1.82, 2.24) is 15.2 Å². The molecule has 0 saturated heterocycles. The van der Waals surface area contributed by atoms with E-state index in [9.17, 15) is 9.59 Å². The number of benzene rings is 2. The number of ether oxygens (including phenoxy) is 1. The monoisotopic (exact) mass is 363 g/mol. The number of rotatable bonds is 6. The second-order valence-corrected chi connectivity index (χ2v) is 5.62. The number of nitrogens with zero attached hydrogens (tertiary/aromatic N) is 3. The van der Waals surface area contributed by atoms with Crippen LogP contribution in [0.2, 0.25) is 0 Å². The van der Waals surface area contributed by atoms with Crippen LogP contribution in [0.15, 0.2) is 54.7 Å². The molecular formula is C19H17N5O3. The van der Waals surface area contributed by atoms with Crippen LogP contribution < -0.4 is 10.6 Å². The third-order valence-electron chi connectivity index (χ3n) is 3.64. The molecule has 0 unspecified atom stereocenters. The van der Waals surface area contributed by atoms with Crippen molar-refractivity contribution in [2.24, 2.45) is 0 Å². The molecule has 0 aliphatic rings. The van der Waals surface area contributed by atoms with Gasteiger partial charge >= 0.3 is 5.97 Å². The van der Waals surface area contributed by atoms with E-state index in [1.54, 1.807) is 42.5 Å². The molecule has 1 aromatic heterocycles. The smallest absolute Gasteiger partial charge is 0.337 e. The van der Waals surface area contributed by atoms with E-state index >= 15 is 0 Å². The molecule has 2 aromatic carbocycles. The molecule has 0 amide bonds. The number of nitrogens with one attached hydrogen (secondary N) is 2. The van der Waals surface area contributed by atoms with Gasteiger partial charge in [-0.1, -0.05) is 18.2 Å². The zero-order chi connectivity index (χ0) is 19.2. The summed E-state index contributed by atoms with van der Waals surface area (Å²) in [5, 5.41) is 13.9. The molecule has 8 heteroatoms. The maximum absolute atomic E-state index is 11.6. The number of Topliss-reactive ketones (excluding diaryl/α,β-unsaturated/α-hetero) is 1. The van der Waals surface area contributed by atoms with Gasteiger partial charge in [0.2, 0.25) is 5.95 Å². The van der Waals surface area contributed by atoms with Crippen molar-refractivity contribution in [2.45, 2.75) is 6.92 Å². The molecule has 0 spiro atoms. The van der Waals surface area contributed by atoms with Crippen LogP contribution in [0.1, 0.15) is 27.6 Å². The summed E-state index contributed by atoms with van der Waals surface area (Å²) in [5.74, 6) is 0.257. The normalized spacial score (nSPS) is 10.1. The Bertz CT molecular complexity index is 990. The van der Waals surface area contributed by atoms with Crippen molar-refractivity contribution in [3.05, 3.63) is 65.9 Å². The van der Waals surface area contributed by atoms with Crippen molar-refractivity contribution < 1.29 is 14.3 Å². The largest absolute Gasteiger partial charge is 0.465 e. The summed E-state index contributed by atoms with van der Waals surface area (Å²) in [6, 6.07) is 13.8. The first-order valence-electron chi connectivity index (χ1n) is 8.08. The SMILES string of the molecule is COC(=O)c1cccc(Nc2nncc(Nc3cccc(C(C)=O)c3)n2)c1. The lowest BCUT2D eigenvalue weighted by molar-refractivity contribution is 0.0600. The standard InChI is InChI=1S/C19H17N5O3/c1-12(25)13-5-3-7-15(9-13)21-17-11-20-24-19(23-17)22-16-8-4-6-14(10-16)18(26)27-2/h3-11H,1-2H3,(H2,21,22,23,24). The minimum atomic E-state index is -0.432. The highest BCUT2D eigenvalue weighted by molar-refractivity contribution is 5.95. The molecule has 0 atom stereocenters. The van der Waals surface area contributed by atoms with E-state index < -0.39 is 5.97 Å². The van der Waals surface area contributed by atoms with Crippen LogP contribution in [0.4, 0.5) is 23.1 Å². The van der Waals surface area contributed by atoms with E-state index in [2.05, 4.69) is 25.8 Å². The summed E-state index contributed by atoms with van der Waals surface area (Å²) in [6.07, 6.45) is 1.47. The Labute approximate surface area is 155 Å². The fourth-order valence-corrected chi connectivity index (χ4v) is 2.35. The quantitative estimate of drug-likeness (QED) is 0.507. The third-order valence-corrected chi connectivity index (χ3v) is 3.64. The molecule has 8 nitrogen and oxygen atoms in total. The Hall–Kier alpha value is -3.81. The highest BCUT2D eigenvalue weighted by Crippen LogP contribution is 2.19. The molecule has 3 aromatic rings. The molecule has 0 aliphatic carbocycles. The van der Waals surface area contributed by atoms with E-state index in [1.165, 1.54) is 20.2 Å². The fraction of sp³-hybridized carbons (Fsp3) is 0.105. The van der Waals surface area contributed by atoms with Gasteiger partial charge in [0, 0.05) is 16.9 Å². The zero-order valence-electron chi connectivity index (χ0n) is 14.8. The predicted octanol–water partition coefficient (Wildman–Crippen LogP) is 3.35. The lowest BCUT2D eigenvalue weighted by Gasteiger charge is -2.09. The van der Waals surface area contributed by atoms with E-state index in [0.717, 1.165) is 0 Å². The fourth-order valence-electron chi connectivity index (χ4n) is 2.35. The number of anilines is 4. The molecule has 2 N–H and O–H groups in total. The number of carbonyl (C=O) groups excluding carboxylic acids is 2. The van der Waals surface area contributed by atoms with Gasteiger partial charge in [0.15, 0.2) is 11.6 Å².